The minimum absolute atomic E-state index is 0.000108. The second kappa shape index (κ2) is 18.9. The molecule has 17 nitrogen and oxygen atoms in total. The zero-order chi connectivity index (χ0) is 42.2. The summed E-state index contributed by atoms with van der Waals surface area (Å²) in [6, 6.07) is 18.9. The molecule has 0 bridgehead atoms. The first kappa shape index (κ1) is 41.4. The summed E-state index contributed by atoms with van der Waals surface area (Å²) in [6.07, 6.45) is 3.35. The van der Waals surface area contributed by atoms with Crippen molar-refractivity contribution >= 4 is 63.6 Å². The van der Waals surface area contributed by atoms with Crippen LogP contribution in [0.15, 0.2) is 72.9 Å². The number of rotatable bonds is 17. The summed E-state index contributed by atoms with van der Waals surface area (Å²) in [7, 11) is 0. The number of nitrogens with one attached hydrogen (secondary N) is 3. The number of pyridine rings is 1. The largest absolute Gasteiger partial charge is 0.483 e. The van der Waals surface area contributed by atoms with Gasteiger partial charge in [0.05, 0.1) is 60.7 Å². The zero-order valence-electron chi connectivity index (χ0n) is 32.8. The number of nitrogens with two attached hydrogens (primary N) is 1. The number of primary amides is 1. The topological polar surface area (TPSA) is 229 Å². The number of aromatic nitrogens is 1. The number of likely N-dealkylation sites (tertiary alicyclic amines) is 1. The van der Waals surface area contributed by atoms with E-state index in [9.17, 15) is 33.6 Å². The fraction of sp³-hybridized carbons (Fsp3) is 0.349. The van der Waals surface area contributed by atoms with Crippen molar-refractivity contribution in [1.82, 2.24) is 25.4 Å². The lowest BCUT2D eigenvalue weighted by molar-refractivity contribution is -0.136. The Morgan fingerprint density at radius 2 is 1.63 bits per heavy atom. The Labute approximate surface area is 344 Å². The Morgan fingerprint density at radius 3 is 2.38 bits per heavy atom. The smallest absolute Gasteiger partial charge is 0.266 e. The number of para-hydroxylation sites is 1. The summed E-state index contributed by atoms with van der Waals surface area (Å²) >= 11 is 0. The number of imide groups is 2. The molecule has 4 aromatic rings. The van der Waals surface area contributed by atoms with Gasteiger partial charge in [-0.05, 0) is 67.1 Å². The van der Waals surface area contributed by atoms with Crippen molar-refractivity contribution in [2.75, 3.05) is 58.0 Å². The van der Waals surface area contributed by atoms with Crippen molar-refractivity contribution in [1.29, 1.82) is 0 Å². The first-order chi connectivity index (χ1) is 29.1. The molecule has 3 aromatic carbocycles. The van der Waals surface area contributed by atoms with E-state index in [4.69, 9.17) is 19.9 Å². The van der Waals surface area contributed by atoms with Crippen molar-refractivity contribution in [2.24, 2.45) is 5.73 Å². The number of benzene rings is 3. The average molecular weight is 820 g/mol. The molecular formula is C43H45N7O10. The fourth-order valence-corrected chi connectivity index (χ4v) is 7.61. The minimum atomic E-state index is -1.11. The first-order valence-corrected chi connectivity index (χ1v) is 19.8. The number of fused-ring (bicyclic) bond motifs is 2. The van der Waals surface area contributed by atoms with Crippen LogP contribution in [-0.2, 0) is 28.7 Å². The number of nitrogens with zero attached hydrogens (tertiary/aromatic N) is 3. The number of piperidine rings is 2. The van der Waals surface area contributed by atoms with Gasteiger partial charge >= 0.3 is 0 Å². The summed E-state index contributed by atoms with van der Waals surface area (Å²) in [5.41, 5.74) is 9.32. The van der Waals surface area contributed by atoms with Gasteiger partial charge in [0.2, 0.25) is 17.7 Å². The van der Waals surface area contributed by atoms with Gasteiger partial charge in [0.15, 0.2) is 6.61 Å². The molecule has 3 aliphatic rings. The quantitative estimate of drug-likeness (QED) is 0.0891. The number of hydrogen-bond donors (Lipinski definition) is 4. The Kier molecular flexibility index (Phi) is 13.1. The molecule has 0 spiro atoms. The van der Waals surface area contributed by atoms with E-state index in [1.54, 1.807) is 0 Å². The molecule has 2 fully saturated rings. The van der Waals surface area contributed by atoms with Crippen LogP contribution in [0.25, 0.3) is 10.9 Å². The average Bonchev–Trinajstić information content (AvgIpc) is 3.51. The van der Waals surface area contributed by atoms with Crippen LogP contribution in [0.1, 0.15) is 74.7 Å². The monoisotopic (exact) mass is 819 g/mol. The summed E-state index contributed by atoms with van der Waals surface area (Å²) in [6.45, 7) is 1.95. The number of anilines is 2. The van der Waals surface area contributed by atoms with E-state index in [-0.39, 0.29) is 80.9 Å². The highest BCUT2D eigenvalue weighted by molar-refractivity contribution is 6.24. The van der Waals surface area contributed by atoms with Gasteiger partial charge in [0.1, 0.15) is 11.8 Å². The molecule has 3 aliphatic heterocycles. The minimum Gasteiger partial charge on any atom is -0.483 e. The molecule has 0 saturated carbocycles. The Bertz CT molecular complexity index is 2310. The second-order valence-corrected chi connectivity index (χ2v) is 14.6. The van der Waals surface area contributed by atoms with Gasteiger partial charge in [0, 0.05) is 43.3 Å². The van der Waals surface area contributed by atoms with E-state index >= 15 is 0 Å². The lowest BCUT2D eigenvalue weighted by atomic mass is 9.88. The standard InChI is InChI=1S/C43H45N7O10/c44-40(54)31-24-46-32-10-9-27(23-30(32)39(31)47-28-5-2-1-3-6-28)26-13-17-49(18-14-26)37(53)15-19-58-21-22-59-20-16-45-36(52)25-60-34-8-4-7-29-38(34)43(57)50(42(29)56)33-11-12-35(51)48-41(33)55/h1-10,23-24,26,33H,11-22,25H2,(H2,44,54)(H,45,52)(H,46,47)(H,48,51,55). The van der Waals surface area contributed by atoms with Crippen LogP contribution in [-0.4, -0.2) is 115 Å². The van der Waals surface area contributed by atoms with Gasteiger partial charge in [-0.25, -0.2) is 0 Å². The van der Waals surface area contributed by atoms with Gasteiger partial charge in [-0.1, -0.05) is 30.3 Å². The van der Waals surface area contributed by atoms with Crippen LogP contribution < -0.4 is 26.4 Å². The number of carbonyl (C=O) groups excluding carboxylic acids is 7. The third-order valence-corrected chi connectivity index (χ3v) is 10.7. The van der Waals surface area contributed by atoms with Gasteiger partial charge < -0.3 is 35.5 Å². The van der Waals surface area contributed by atoms with Crippen LogP contribution in [0.2, 0.25) is 0 Å². The SMILES string of the molecule is NC(=O)c1cnc2ccc(C3CCN(C(=O)CCOCCOCCNC(=O)COc4cccc5c4C(=O)N(C4CCC(=O)NC4=O)C5=O)CC3)cc2c1Nc1ccccc1. The highest BCUT2D eigenvalue weighted by Crippen LogP contribution is 2.36. The number of amides is 7. The van der Waals surface area contributed by atoms with E-state index in [1.165, 1.54) is 24.4 Å². The fourth-order valence-electron chi connectivity index (χ4n) is 7.61. The zero-order valence-corrected chi connectivity index (χ0v) is 32.8. The molecule has 312 valence electrons. The number of carbonyl (C=O) groups is 7. The predicted molar refractivity (Wildman–Crippen MR) is 216 cm³/mol. The molecule has 7 rings (SSSR count). The van der Waals surface area contributed by atoms with Crippen LogP contribution >= 0.6 is 0 Å². The summed E-state index contributed by atoms with van der Waals surface area (Å²) in [4.78, 5) is 95.0. The Balaban J connectivity index is 0.775. The van der Waals surface area contributed by atoms with Gasteiger partial charge in [-0.2, -0.15) is 0 Å². The molecule has 2 saturated heterocycles. The van der Waals surface area contributed by atoms with Crippen LogP contribution in [0.4, 0.5) is 11.4 Å². The van der Waals surface area contributed by atoms with Gasteiger partial charge in [-0.3, -0.25) is 48.8 Å². The van der Waals surface area contributed by atoms with Crippen molar-refractivity contribution < 1.29 is 47.8 Å². The van der Waals surface area contributed by atoms with E-state index in [0.29, 0.717) is 24.3 Å². The summed E-state index contributed by atoms with van der Waals surface area (Å²) in [5, 5.41) is 8.97. The van der Waals surface area contributed by atoms with E-state index in [1.807, 2.05) is 41.3 Å². The molecule has 1 unspecified atom stereocenters. The second-order valence-electron chi connectivity index (χ2n) is 14.6. The normalized spacial score (nSPS) is 16.8. The molecule has 0 aliphatic carbocycles. The maximum Gasteiger partial charge on any atom is 0.266 e. The van der Waals surface area contributed by atoms with Gasteiger partial charge in [-0.15, -0.1) is 0 Å². The highest BCUT2D eigenvalue weighted by Gasteiger charge is 2.46. The van der Waals surface area contributed by atoms with E-state index in [2.05, 4.69) is 33.1 Å². The van der Waals surface area contributed by atoms with E-state index < -0.39 is 48.1 Å². The van der Waals surface area contributed by atoms with Crippen LogP contribution in [0.3, 0.4) is 0 Å². The lowest BCUT2D eigenvalue weighted by Crippen LogP contribution is -2.54. The van der Waals surface area contributed by atoms with Crippen molar-refractivity contribution in [3.63, 3.8) is 0 Å². The molecule has 7 amide bonds. The van der Waals surface area contributed by atoms with E-state index in [0.717, 1.165) is 39.9 Å². The third-order valence-electron chi connectivity index (χ3n) is 10.7. The molecular weight excluding hydrogens is 775 g/mol. The lowest BCUT2D eigenvalue weighted by Gasteiger charge is -2.32. The molecule has 5 N–H and O–H groups in total. The molecule has 4 heterocycles. The number of ether oxygens (including phenoxy) is 3. The van der Waals surface area contributed by atoms with Crippen LogP contribution in [0, 0.1) is 0 Å². The Hall–Kier alpha value is -6.72. The number of hydrogen-bond acceptors (Lipinski definition) is 12. The molecule has 17 heteroatoms. The summed E-state index contributed by atoms with van der Waals surface area (Å²) in [5.74, 6) is -3.36. The predicted octanol–water partition coefficient (Wildman–Crippen LogP) is 2.80. The molecule has 1 atom stereocenters. The summed E-state index contributed by atoms with van der Waals surface area (Å²) < 4.78 is 16.7. The highest BCUT2D eigenvalue weighted by atomic mass is 16.5. The van der Waals surface area contributed by atoms with Crippen molar-refractivity contribution in [3.05, 3.63) is 95.2 Å². The van der Waals surface area contributed by atoms with Crippen molar-refractivity contribution in [3.8, 4) is 5.75 Å². The first-order valence-electron chi connectivity index (χ1n) is 19.8. The van der Waals surface area contributed by atoms with Crippen LogP contribution in [0.5, 0.6) is 5.75 Å². The van der Waals surface area contributed by atoms with Gasteiger partial charge in [0.25, 0.3) is 23.6 Å². The Morgan fingerprint density at radius 1 is 0.867 bits per heavy atom. The molecule has 60 heavy (non-hydrogen) atoms. The maximum atomic E-state index is 13.2. The van der Waals surface area contributed by atoms with Crippen molar-refractivity contribution in [2.45, 2.75) is 44.1 Å². The molecule has 0 radical (unpaired) electrons. The third kappa shape index (κ3) is 9.43. The molecule has 1 aromatic heterocycles. The maximum absolute atomic E-state index is 13.2.